The monoisotopic (exact) mass is 250 g/mol. The Kier molecular flexibility index (Phi) is 2.44. The molecule has 2 aliphatic carbocycles. The van der Waals surface area contributed by atoms with Crippen LogP contribution in [0.1, 0.15) is 46.0 Å². The molecule has 1 aliphatic heterocycles. The summed E-state index contributed by atoms with van der Waals surface area (Å²) in [6.07, 6.45) is 5.68. The SMILES string of the molecule is C=C(C(=O)O)[C@H]1CC[C@]23O[C@H]2CC[C@@H](C)[C@]3(C)C1. The molecule has 0 amide bonds. The lowest BCUT2D eigenvalue weighted by molar-refractivity contribution is -0.133. The number of aliphatic carboxylic acids is 1. The van der Waals surface area contributed by atoms with Crippen LogP contribution < -0.4 is 0 Å². The number of ether oxygens (including phenoxy) is 1. The largest absolute Gasteiger partial charge is 0.478 e. The number of hydrogen-bond donors (Lipinski definition) is 1. The molecule has 0 bridgehead atoms. The van der Waals surface area contributed by atoms with Gasteiger partial charge in [-0.2, -0.15) is 0 Å². The van der Waals surface area contributed by atoms with Crippen LogP contribution in [0.4, 0.5) is 0 Å². The predicted octanol–water partition coefficient (Wildman–Crippen LogP) is 3.00. The van der Waals surface area contributed by atoms with Crippen molar-refractivity contribution < 1.29 is 14.6 Å². The maximum atomic E-state index is 11.1. The molecule has 1 spiro atoms. The predicted molar refractivity (Wildman–Crippen MR) is 68.2 cm³/mol. The van der Waals surface area contributed by atoms with Crippen molar-refractivity contribution in [3.63, 3.8) is 0 Å². The van der Waals surface area contributed by atoms with Gasteiger partial charge in [0.2, 0.25) is 0 Å². The van der Waals surface area contributed by atoms with Crippen molar-refractivity contribution in [2.75, 3.05) is 0 Å². The highest BCUT2D eigenvalue weighted by molar-refractivity contribution is 5.86. The Morgan fingerprint density at radius 3 is 2.78 bits per heavy atom. The Bertz CT molecular complexity index is 416. The van der Waals surface area contributed by atoms with Crippen molar-refractivity contribution >= 4 is 5.97 Å². The molecular formula is C15H22O3. The van der Waals surface area contributed by atoms with E-state index in [-0.39, 0.29) is 16.9 Å². The van der Waals surface area contributed by atoms with Crippen LogP contribution in [0, 0.1) is 17.3 Å². The Morgan fingerprint density at radius 2 is 2.11 bits per heavy atom. The van der Waals surface area contributed by atoms with E-state index in [2.05, 4.69) is 20.4 Å². The number of carboxylic acids is 1. The normalized spacial score (nSPS) is 50.0. The second-order valence-corrected chi connectivity index (χ2v) is 6.66. The van der Waals surface area contributed by atoms with Crippen LogP contribution in [0.25, 0.3) is 0 Å². The van der Waals surface area contributed by atoms with Crippen LogP contribution in [-0.2, 0) is 9.53 Å². The molecule has 1 saturated heterocycles. The second-order valence-electron chi connectivity index (χ2n) is 6.66. The zero-order valence-electron chi connectivity index (χ0n) is 11.2. The van der Waals surface area contributed by atoms with Gasteiger partial charge in [-0.3, -0.25) is 0 Å². The maximum absolute atomic E-state index is 11.1. The van der Waals surface area contributed by atoms with Gasteiger partial charge >= 0.3 is 5.97 Å². The summed E-state index contributed by atoms with van der Waals surface area (Å²) in [7, 11) is 0. The summed E-state index contributed by atoms with van der Waals surface area (Å²) in [5.74, 6) is -0.0968. The highest BCUT2D eigenvalue weighted by Gasteiger charge is 2.71. The summed E-state index contributed by atoms with van der Waals surface area (Å²) in [5.41, 5.74) is 0.595. The molecule has 1 heterocycles. The molecule has 0 aromatic heterocycles. The minimum atomic E-state index is -0.837. The van der Waals surface area contributed by atoms with E-state index in [0.717, 1.165) is 19.3 Å². The van der Waals surface area contributed by atoms with Crippen molar-refractivity contribution in [3.8, 4) is 0 Å². The molecular weight excluding hydrogens is 228 g/mol. The third kappa shape index (κ3) is 1.37. The fourth-order valence-electron chi connectivity index (χ4n) is 4.51. The van der Waals surface area contributed by atoms with Crippen LogP contribution >= 0.6 is 0 Å². The van der Waals surface area contributed by atoms with Gasteiger partial charge in [-0.15, -0.1) is 0 Å². The Morgan fingerprint density at radius 1 is 1.39 bits per heavy atom. The lowest BCUT2D eigenvalue weighted by Gasteiger charge is -2.49. The smallest absolute Gasteiger partial charge is 0.331 e. The van der Waals surface area contributed by atoms with Crippen LogP contribution in [0.3, 0.4) is 0 Å². The van der Waals surface area contributed by atoms with Gasteiger partial charge in [-0.1, -0.05) is 20.4 Å². The fourth-order valence-corrected chi connectivity index (χ4v) is 4.51. The molecule has 3 rings (SSSR count). The molecule has 3 nitrogen and oxygen atoms in total. The Balaban J connectivity index is 1.85. The van der Waals surface area contributed by atoms with Crippen molar-refractivity contribution in [1.29, 1.82) is 0 Å². The molecule has 2 saturated carbocycles. The summed E-state index contributed by atoms with van der Waals surface area (Å²) in [6, 6.07) is 0. The first-order chi connectivity index (χ1) is 8.41. The topological polar surface area (TPSA) is 49.8 Å². The van der Waals surface area contributed by atoms with Crippen LogP contribution in [-0.4, -0.2) is 22.8 Å². The summed E-state index contributed by atoms with van der Waals surface area (Å²) in [6.45, 7) is 8.37. The highest BCUT2D eigenvalue weighted by atomic mass is 16.6. The van der Waals surface area contributed by atoms with E-state index in [1.165, 1.54) is 12.8 Å². The Labute approximate surface area is 108 Å². The first-order valence-electron chi connectivity index (χ1n) is 7.00. The van der Waals surface area contributed by atoms with Gasteiger partial charge in [0.25, 0.3) is 0 Å². The van der Waals surface area contributed by atoms with Crippen LogP contribution in [0.5, 0.6) is 0 Å². The first kappa shape index (κ1) is 12.2. The van der Waals surface area contributed by atoms with E-state index in [0.29, 0.717) is 17.6 Å². The van der Waals surface area contributed by atoms with E-state index >= 15 is 0 Å². The molecule has 5 atom stereocenters. The van der Waals surface area contributed by atoms with Gasteiger partial charge in [-0.05, 0) is 43.9 Å². The molecule has 3 heteroatoms. The van der Waals surface area contributed by atoms with Gasteiger partial charge in [0.15, 0.2) is 0 Å². The molecule has 3 fully saturated rings. The first-order valence-corrected chi connectivity index (χ1v) is 7.00. The summed E-state index contributed by atoms with van der Waals surface area (Å²) in [5, 5.41) is 9.12. The summed E-state index contributed by atoms with van der Waals surface area (Å²) in [4.78, 5) is 11.1. The average molecular weight is 250 g/mol. The third-order valence-corrected chi connectivity index (χ3v) is 6.03. The quantitative estimate of drug-likeness (QED) is 0.605. The number of rotatable bonds is 2. The van der Waals surface area contributed by atoms with Gasteiger partial charge in [0.05, 0.1) is 6.10 Å². The van der Waals surface area contributed by atoms with Gasteiger partial charge in [-0.25, -0.2) is 4.79 Å². The summed E-state index contributed by atoms with van der Waals surface area (Å²) < 4.78 is 6.05. The molecule has 0 unspecified atom stereocenters. The zero-order valence-corrected chi connectivity index (χ0v) is 11.2. The average Bonchev–Trinajstić information content (AvgIpc) is 3.04. The van der Waals surface area contributed by atoms with Gasteiger partial charge in [0, 0.05) is 11.0 Å². The van der Waals surface area contributed by atoms with E-state index in [1.807, 2.05) is 0 Å². The third-order valence-electron chi connectivity index (χ3n) is 6.03. The summed E-state index contributed by atoms with van der Waals surface area (Å²) >= 11 is 0. The van der Waals surface area contributed by atoms with E-state index in [1.54, 1.807) is 0 Å². The highest BCUT2D eigenvalue weighted by Crippen LogP contribution is 2.67. The molecule has 0 aromatic rings. The molecule has 18 heavy (non-hydrogen) atoms. The zero-order chi connectivity index (χ0) is 13.1. The van der Waals surface area contributed by atoms with Crippen molar-refractivity contribution in [1.82, 2.24) is 0 Å². The maximum Gasteiger partial charge on any atom is 0.331 e. The molecule has 0 radical (unpaired) electrons. The van der Waals surface area contributed by atoms with Crippen LogP contribution in [0.2, 0.25) is 0 Å². The van der Waals surface area contributed by atoms with Crippen molar-refractivity contribution in [2.45, 2.75) is 57.7 Å². The number of epoxide rings is 1. The molecule has 3 aliphatic rings. The minimum Gasteiger partial charge on any atom is -0.478 e. The number of carbonyl (C=O) groups is 1. The lowest BCUT2D eigenvalue weighted by Crippen LogP contribution is -2.50. The molecule has 0 aromatic carbocycles. The van der Waals surface area contributed by atoms with Crippen molar-refractivity contribution in [2.24, 2.45) is 17.3 Å². The molecule has 100 valence electrons. The molecule has 1 N–H and O–H groups in total. The fraction of sp³-hybridized carbons (Fsp3) is 0.800. The lowest BCUT2D eigenvalue weighted by atomic mass is 9.53. The van der Waals surface area contributed by atoms with Gasteiger partial charge < -0.3 is 9.84 Å². The Hall–Kier alpha value is -0.830. The van der Waals surface area contributed by atoms with E-state index in [9.17, 15) is 4.79 Å². The van der Waals surface area contributed by atoms with Crippen LogP contribution in [0.15, 0.2) is 12.2 Å². The number of hydrogen-bond acceptors (Lipinski definition) is 2. The second kappa shape index (κ2) is 3.60. The van der Waals surface area contributed by atoms with E-state index in [4.69, 9.17) is 9.84 Å². The van der Waals surface area contributed by atoms with E-state index < -0.39 is 5.97 Å². The van der Waals surface area contributed by atoms with Crippen molar-refractivity contribution in [3.05, 3.63) is 12.2 Å². The minimum absolute atomic E-state index is 0.0694. The van der Waals surface area contributed by atoms with Gasteiger partial charge in [0.1, 0.15) is 5.60 Å². The number of carboxylic acid groups (broad SMARTS) is 1. The standard InChI is InChI=1S/C15H22O3/c1-9-4-5-12-15(18-12)7-6-11(8-14(9,15)3)10(2)13(16)17/h9,11-12H,2,4-8H2,1,3H3,(H,16,17)/t9-,11+,12+,14+,15+/m1/s1.